The Morgan fingerprint density at radius 1 is 1.00 bits per heavy atom. The lowest BCUT2D eigenvalue weighted by molar-refractivity contribution is -0.126. The number of benzene rings is 2. The lowest BCUT2D eigenvalue weighted by Gasteiger charge is -2.23. The van der Waals surface area contributed by atoms with Crippen molar-refractivity contribution in [3.8, 4) is 0 Å². The van der Waals surface area contributed by atoms with Crippen LogP contribution >= 0.6 is 0 Å². The van der Waals surface area contributed by atoms with Crippen LogP contribution in [0.15, 0.2) is 59.5 Å². The van der Waals surface area contributed by atoms with Crippen LogP contribution in [-0.4, -0.2) is 38.5 Å². The molecule has 0 radical (unpaired) electrons. The maximum absolute atomic E-state index is 12.9. The summed E-state index contributed by atoms with van der Waals surface area (Å²) in [7, 11) is -3.87. The van der Waals surface area contributed by atoms with Crippen LogP contribution in [-0.2, 0) is 19.6 Å². The highest BCUT2D eigenvalue weighted by molar-refractivity contribution is 7.89. The molecule has 0 saturated carbocycles. The molecule has 2 amide bonds. The number of nitrogens with zero attached hydrogens (tertiary/aromatic N) is 1. The molecular weight excluding hydrogens is 380 g/mol. The monoisotopic (exact) mass is 402 g/mol. The van der Waals surface area contributed by atoms with Crippen LogP contribution in [0.5, 0.6) is 0 Å². The Kier molecular flexibility index (Phi) is 5.81. The molecule has 8 heteroatoms. The summed E-state index contributed by atoms with van der Waals surface area (Å²) in [4.78, 5) is 24.7. The number of carbonyl (C=O) groups is 2. The van der Waals surface area contributed by atoms with E-state index in [0.29, 0.717) is 5.56 Å². The first-order valence-corrected chi connectivity index (χ1v) is 10.4. The number of rotatable bonds is 7. The van der Waals surface area contributed by atoms with Crippen molar-refractivity contribution in [1.29, 1.82) is 0 Å². The van der Waals surface area contributed by atoms with Gasteiger partial charge in [-0.05, 0) is 29.2 Å². The van der Waals surface area contributed by atoms with Gasteiger partial charge in [-0.1, -0.05) is 56.3 Å². The highest BCUT2D eigenvalue weighted by Crippen LogP contribution is 2.22. The van der Waals surface area contributed by atoms with Crippen LogP contribution in [0.2, 0.25) is 0 Å². The summed E-state index contributed by atoms with van der Waals surface area (Å²) in [6.45, 7) is 3.58. The molecule has 1 fully saturated rings. The molecule has 1 saturated heterocycles. The van der Waals surface area contributed by atoms with Gasteiger partial charge >= 0.3 is 6.09 Å². The summed E-state index contributed by atoms with van der Waals surface area (Å²) in [6.07, 6.45) is -0.772. The maximum Gasteiger partial charge on any atom is 0.417 e. The molecule has 1 unspecified atom stereocenters. The number of cyclic esters (lactones) is 1. The van der Waals surface area contributed by atoms with Crippen molar-refractivity contribution in [2.24, 2.45) is 0 Å². The average Bonchev–Trinajstić information content (AvgIpc) is 3.00. The number of carbonyl (C=O) groups excluding carboxylic acids is 2. The molecule has 0 spiro atoms. The van der Waals surface area contributed by atoms with Gasteiger partial charge in [-0.2, -0.15) is 0 Å². The fourth-order valence-electron chi connectivity index (χ4n) is 2.92. The summed E-state index contributed by atoms with van der Waals surface area (Å²) in [5.74, 6) is -0.208. The Morgan fingerprint density at radius 3 is 2.18 bits per heavy atom. The molecule has 148 valence electrons. The zero-order valence-electron chi connectivity index (χ0n) is 15.7. The smallest absolute Gasteiger partial charge is 0.417 e. The lowest BCUT2D eigenvalue weighted by atomic mass is 10.0. The predicted octanol–water partition coefficient (Wildman–Crippen LogP) is 2.81. The molecule has 0 aromatic heterocycles. The molecule has 0 aliphatic carbocycles. The molecule has 1 atom stereocenters. The van der Waals surface area contributed by atoms with Gasteiger partial charge < -0.3 is 4.74 Å². The molecule has 3 rings (SSSR count). The summed E-state index contributed by atoms with van der Waals surface area (Å²) < 4.78 is 33.1. The van der Waals surface area contributed by atoms with Gasteiger partial charge in [-0.3, -0.25) is 4.79 Å². The van der Waals surface area contributed by atoms with Gasteiger partial charge in [0.1, 0.15) is 0 Å². The van der Waals surface area contributed by atoms with Crippen molar-refractivity contribution in [3.05, 3.63) is 65.7 Å². The quantitative estimate of drug-likeness (QED) is 0.769. The number of nitrogens with one attached hydrogen (secondary N) is 1. The van der Waals surface area contributed by atoms with Crippen molar-refractivity contribution >= 4 is 22.0 Å². The Balaban J connectivity index is 1.88. The maximum atomic E-state index is 12.9. The Morgan fingerprint density at radius 2 is 1.64 bits per heavy atom. The van der Waals surface area contributed by atoms with Crippen LogP contribution < -0.4 is 4.72 Å². The number of amides is 2. The van der Waals surface area contributed by atoms with E-state index in [0.717, 1.165) is 10.5 Å². The number of imide groups is 1. The summed E-state index contributed by atoms with van der Waals surface area (Å²) in [6, 6.07) is 14.7. The second kappa shape index (κ2) is 8.12. The van der Waals surface area contributed by atoms with Crippen LogP contribution in [0.25, 0.3) is 0 Å². The minimum Gasteiger partial charge on any atom is -0.439 e. The van der Waals surface area contributed by atoms with E-state index in [4.69, 9.17) is 4.74 Å². The number of sulfonamides is 1. The van der Waals surface area contributed by atoms with Gasteiger partial charge in [0.2, 0.25) is 10.0 Å². The van der Waals surface area contributed by atoms with Gasteiger partial charge in [0.15, 0.2) is 6.61 Å². The Hall–Kier alpha value is -2.71. The van der Waals surface area contributed by atoms with E-state index in [9.17, 15) is 18.0 Å². The number of ether oxygens (including phenoxy) is 1. The van der Waals surface area contributed by atoms with Crippen LogP contribution in [0.1, 0.15) is 36.9 Å². The number of hydrogen-bond donors (Lipinski definition) is 1. The summed E-state index contributed by atoms with van der Waals surface area (Å²) in [5.41, 5.74) is 1.67. The Bertz CT molecular complexity index is 940. The zero-order valence-corrected chi connectivity index (χ0v) is 16.5. The number of hydrogen-bond acceptors (Lipinski definition) is 5. The molecule has 1 heterocycles. The van der Waals surface area contributed by atoms with Crippen LogP contribution in [0, 0.1) is 0 Å². The molecule has 0 bridgehead atoms. The van der Waals surface area contributed by atoms with Crippen LogP contribution in [0.3, 0.4) is 0 Å². The molecule has 1 aliphatic rings. The second-order valence-electron chi connectivity index (χ2n) is 6.87. The Labute approximate surface area is 164 Å². The van der Waals surface area contributed by atoms with E-state index in [2.05, 4.69) is 4.72 Å². The third kappa shape index (κ3) is 4.40. The van der Waals surface area contributed by atoms with E-state index in [1.165, 1.54) is 0 Å². The van der Waals surface area contributed by atoms with E-state index in [-0.39, 0.29) is 24.0 Å². The lowest BCUT2D eigenvalue weighted by Crippen LogP contribution is -2.40. The first kappa shape index (κ1) is 20.0. The molecule has 7 nitrogen and oxygen atoms in total. The van der Waals surface area contributed by atoms with Crippen molar-refractivity contribution < 1.29 is 22.7 Å². The highest BCUT2D eigenvalue weighted by Gasteiger charge is 2.34. The fraction of sp³-hybridized carbons (Fsp3) is 0.300. The zero-order chi connectivity index (χ0) is 20.3. The topological polar surface area (TPSA) is 92.8 Å². The molecule has 1 N–H and O–H groups in total. The molecule has 28 heavy (non-hydrogen) atoms. The van der Waals surface area contributed by atoms with Crippen LogP contribution in [0.4, 0.5) is 4.79 Å². The SMILES string of the molecule is CC(C)c1ccc(S(=O)(=O)NC(CN2C(=O)COC2=O)c2ccccc2)cc1. The van der Waals surface area contributed by atoms with Crippen molar-refractivity contribution in [1.82, 2.24) is 9.62 Å². The van der Waals surface area contributed by atoms with Gasteiger partial charge in [-0.15, -0.1) is 0 Å². The van der Waals surface area contributed by atoms with Gasteiger partial charge in [0.05, 0.1) is 17.5 Å². The largest absolute Gasteiger partial charge is 0.439 e. The molecular formula is C20H22N2O5S. The third-order valence-corrected chi connectivity index (χ3v) is 6.05. The molecule has 2 aromatic carbocycles. The van der Waals surface area contributed by atoms with E-state index < -0.39 is 28.1 Å². The first-order valence-electron chi connectivity index (χ1n) is 8.92. The first-order chi connectivity index (χ1) is 13.3. The van der Waals surface area contributed by atoms with E-state index >= 15 is 0 Å². The minimum atomic E-state index is -3.87. The minimum absolute atomic E-state index is 0.119. The molecule has 1 aliphatic heterocycles. The summed E-state index contributed by atoms with van der Waals surface area (Å²) >= 11 is 0. The predicted molar refractivity (Wildman–Crippen MR) is 103 cm³/mol. The normalized spacial score (nSPS) is 15.8. The second-order valence-corrected chi connectivity index (χ2v) is 8.58. The van der Waals surface area contributed by atoms with Gasteiger partial charge in [0.25, 0.3) is 5.91 Å². The third-order valence-electron chi connectivity index (χ3n) is 4.56. The van der Waals surface area contributed by atoms with Gasteiger partial charge in [0, 0.05) is 0 Å². The fourth-order valence-corrected chi connectivity index (χ4v) is 4.14. The van der Waals surface area contributed by atoms with E-state index in [1.807, 2.05) is 13.8 Å². The standard InChI is InChI=1S/C20H22N2O5S/c1-14(2)15-8-10-17(11-9-15)28(25,26)21-18(16-6-4-3-5-7-16)12-22-19(23)13-27-20(22)24/h3-11,14,18,21H,12-13H2,1-2H3. The molecule has 2 aromatic rings. The van der Waals surface area contributed by atoms with Crippen molar-refractivity contribution in [2.75, 3.05) is 13.2 Å². The van der Waals surface area contributed by atoms with Crippen molar-refractivity contribution in [3.63, 3.8) is 0 Å². The average molecular weight is 402 g/mol. The van der Waals surface area contributed by atoms with Gasteiger partial charge in [-0.25, -0.2) is 22.8 Å². The van der Waals surface area contributed by atoms with Crippen molar-refractivity contribution in [2.45, 2.75) is 30.7 Å². The summed E-state index contributed by atoms with van der Waals surface area (Å²) in [5, 5.41) is 0. The van der Waals surface area contributed by atoms with E-state index in [1.54, 1.807) is 54.6 Å². The highest BCUT2D eigenvalue weighted by atomic mass is 32.2.